The largest absolute Gasteiger partial charge is 0.392 e. The number of hydrogen-bond acceptors (Lipinski definition) is 10. The average molecular weight is 826 g/mol. The molecule has 18 atom stereocenters. The summed E-state index contributed by atoms with van der Waals surface area (Å²) in [6.45, 7) is 20.0. The number of ketones is 1. The van der Waals surface area contributed by atoms with Gasteiger partial charge < -0.3 is 44.3 Å². The van der Waals surface area contributed by atoms with Crippen LogP contribution in [0.1, 0.15) is 133 Å². The lowest BCUT2D eigenvalue weighted by atomic mass is 9.72. The first-order valence-electron chi connectivity index (χ1n) is 22.9. The third-order valence-corrected chi connectivity index (χ3v) is 15.5. The van der Waals surface area contributed by atoms with E-state index in [4.69, 9.17) is 23.7 Å². The molecular weight excluding hydrogens is 751 g/mol. The van der Waals surface area contributed by atoms with E-state index in [1.165, 1.54) is 0 Å². The lowest BCUT2D eigenvalue weighted by Gasteiger charge is -2.54. The van der Waals surface area contributed by atoms with E-state index < -0.39 is 52.9 Å². The molecule has 6 rings (SSSR count). The number of ether oxygens (including phenoxy) is 5. The second-order valence-corrected chi connectivity index (χ2v) is 19.4. The minimum absolute atomic E-state index is 0.0192. The van der Waals surface area contributed by atoms with Crippen molar-refractivity contribution < 1.29 is 48.6 Å². The van der Waals surface area contributed by atoms with Crippen LogP contribution >= 0.6 is 0 Å². The SMILES string of the molecule is CCC(C(=O)Nc1ccccc1)[C@H]1CC[C@H](C)[C@H]([C@@H](C)[C@H](O)[C@H](C)C(=O)[C@H](CC)[C@H]2O[C@]3(C=C[C@@H](O)[C@]4(CC[C@@](C)([C@H]5CC[C@](O)(CC)[C@H](C)O5)O4)O3)[C@H](C)C[C@@H]2C)O1. The highest BCUT2D eigenvalue weighted by molar-refractivity contribution is 5.92. The molecule has 1 aromatic rings. The number of para-hydroxylation sites is 1. The number of aliphatic hydroxyl groups is 3. The van der Waals surface area contributed by atoms with Gasteiger partial charge in [-0.05, 0) is 108 Å². The van der Waals surface area contributed by atoms with Crippen molar-refractivity contribution in [3.63, 3.8) is 0 Å². The maximum Gasteiger partial charge on any atom is 0.230 e. The smallest absolute Gasteiger partial charge is 0.230 e. The first-order chi connectivity index (χ1) is 27.9. The van der Waals surface area contributed by atoms with Gasteiger partial charge in [0, 0.05) is 35.8 Å². The Morgan fingerprint density at radius 3 is 2.22 bits per heavy atom. The van der Waals surface area contributed by atoms with Gasteiger partial charge >= 0.3 is 0 Å². The van der Waals surface area contributed by atoms with Crippen LogP contribution in [0.3, 0.4) is 0 Å². The fourth-order valence-electron chi connectivity index (χ4n) is 11.3. The lowest BCUT2D eigenvalue weighted by Crippen LogP contribution is -2.63. The number of aliphatic hydroxyl groups excluding tert-OH is 2. The quantitative estimate of drug-likeness (QED) is 0.145. The third kappa shape index (κ3) is 9.01. The van der Waals surface area contributed by atoms with Crippen molar-refractivity contribution in [2.24, 2.45) is 41.4 Å². The van der Waals surface area contributed by atoms with E-state index in [0.717, 1.165) is 24.9 Å². The van der Waals surface area contributed by atoms with Crippen LogP contribution in [0.15, 0.2) is 42.5 Å². The van der Waals surface area contributed by atoms with Gasteiger partial charge in [0.25, 0.3) is 0 Å². The number of amides is 1. The molecule has 11 nitrogen and oxygen atoms in total. The van der Waals surface area contributed by atoms with Crippen molar-refractivity contribution in [3.05, 3.63) is 42.5 Å². The standard InChI is InChI=1S/C48H75NO10/c1-11-35(44(53)49-34-17-15-14-16-18-34)37-20-19-28(4)42(56-37)32(8)40(51)31(7)41(52)36(12-2)43-29(5)27-30(6)47(57-43)24-21-38(50)48(59-47)26-25-45(10,58-48)39-22-23-46(54,13-3)33(9)55-39/h14-18,21,24,28-33,35-40,42-43,50-51,54H,11-13,19-20,22-23,25-27H2,1-10H3,(H,49,53)/t28-,29-,30+,31-,32-,33-,35?,36-,37+,38+,39+,40+,42+,43-,45-,46+,47-,48-/m0/s1. The van der Waals surface area contributed by atoms with Gasteiger partial charge in [0.15, 0.2) is 5.79 Å². The van der Waals surface area contributed by atoms with E-state index in [1.54, 1.807) is 6.08 Å². The number of Topliss-reactive ketones (excluding diaryl/α,β-unsaturated/α-hetero) is 1. The molecule has 0 aromatic heterocycles. The third-order valence-electron chi connectivity index (χ3n) is 15.5. The summed E-state index contributed by atoms with van der Waals surface area (Å²) in [4.78, 5) is 28.1. The number of carbonyl (C=O) groups is 2. The first-order valence-corrected chi connectivity index (χ1v) is 22.9. The van der Waals surface area contributed by atoms with E-state index in [1.807, 2.05) is 84.9 Å². The molecule has 1 unspecified atom stereocenters. The Morgan fingerprint density at radius 1 is 0.881 bits per heavy atom. The molecule has 0 saturated carbocycles. The van der Waals surface area contributed by atoms with Crippen molar-refractivity contribution in [1.82, 2.24) is 0 Å². The van der Waals surface area contributed by atoms with E-state index >= 15 is 0 Å². The van der Waals surface area contributed by atoms with Crippen LogP contribution in [0.4, 0.5) is 5.69 Å². The second kappa shape index (κ2) is 18.2. The molecule has 59 heavy (non-hydrogen) atoms. The molecule has 1 aromatic carbocycles. The van der Waals surface area contributed by atoms with Crippen LogP contribution in [-0.2, 0) is 33.3 Å². The Bertz CT molecular complexity index is 1630. The van der Waals surface area contributed by atoms with Gasteiger partial charge in [-0.2, -0.15) is 0 Å². The summed E-state index contributed by atoms with van der Waals surface area (Å²) in [5.41, 5.74) is -0.880. The fourth-order valence-corrected chi connectivity index (χ4v) is 11.3. The molecule has 0 bridgehead atoms. The Kier molecular flexibility index (Phi) is 14.3. The van der Waals surface area contributed by atoms with Crippen molar-refractivity contribution in [2.75, 3.05) is 5.32 Å². The van der Waals surface area contributed by atoms with E-state index in [2.05, 4.69) is 26.1 Å². The van der Waals surface area contributed by atoms with Crippen molar-refractivity contribution in [3.8, 4) is 0 Å². The van der Waals surface area contributed by atoms with E-state index in [9.17, 15) is 24.9 Å². The highest BCUT2D eigenvalue weighted by Crippen LogP contribution is 2.54. The normalized spacial score (nSPS) is 42.6. The predicted molar refractivity (Wildman–Crippen MR) is 226 cm³/mol. The molecule has 5 aliphatic rings. The monoisotopic (exact) mass is 826 g/mol. The summed E-state index contributed by atoms with van der Waals surface area (Å²) in [6, 6.07) is 9.45. The number of rotatable bonds is 13. The first kappa shape index (κ1) is 46.3. The van der Waals surface area contributed by atoms with Gasteiger partial charge in [0.1, 0.15) is 11.9 Å². The average Bonchev–Trinajstić information content (AvgIpc) is 3.57. The summed E-state index contributed by atoms with van der Waals surface area (Å²) >= 11 is 0. The molecule has 0 radical (unpaired) electrons. The molecule has 5 aliphatic heterocycles. The molecule has 332 valence electrons. The minimum atomic E-state index is -1.37. The number of nitrogens with one attached hydrogen (secondary N) is 1. The van der Waals surface area contributed by atoms with Gasteiger partial charge in [-0.15, -0.1) is 0 Å². The van der Waals surface area contributed by atoms with Crippen LogP contribution in [0.5, 0.6) is 0 Å². The molecule has 4 N–H and O–H groups in total. The molecule has 1 amide bonds. The van der Waals surface area contributed by atoms with Gasteiger partial charge in [-0.1, -0.05) is 73.6 Å². The van der Waals surface area contributed by atoms with Crippen LogP contribution in [-0.4, -0.2) is 92.5 Å². The zero-order valence-electron chi connectivity index (χ0n) is 37.4. The predicted octanol–water partition coefficient (Wildman–Crippen LogP) is 7.74. The molecule has 4 saturated heterocycles. The molecule has 11 heteroatoms. The van der Waals surface area contributed by atoms with Gasteiger partial charge in [-0.3, -0.25) is 9.59 Å². The van der Waals surface area contributed by atoms with E-state index in [0.29, 0.717) is 44.9 Å². The summed E-state index contributed by atoms with van der Waals surface area (Å²) in [6.07, 6.45) is 6.10. The summed E-state index contributed by atoms with van der Waals surface area (Å²) in [5.74, 6) is -4.60. The number of anilines is 1. The zero-order chi connectivity index (χ0) is 43.1. The van der Waals surface area contributed by atoms with Crippen molar-refractivity contribution >= 4 is 17.4 Å². The number of carbonyl (C=O) groups excluding carboxylic acids is 2. The Balaban J connectivity index is 1.14. The van der Waals surface area contributed by atoms with Crippen molar-refractivity contribution in [1.29, 1.82) is 0 Å². The van der Waals surface area contributed by atoms with Crippen molar-refractivity contribution in [2.45, 2.75) is 199 Å². The lowest BCUT2D eigenvalue weighted by molar-refractivity contribution is -0.409. The Morgan fingerprint density at radius 2 is 1.58 bits per heavy atom. The van der Waals surface area contributed by atoms with Crippen LogP contribution in [0.2, 0.25) is 0 Å². The minimum Gasteiger partial charge on any atom is -0.392 e. The molecule has 5 heterocycles. The summed E-state index contributed by atoms with van der Waals surface area (Å²) < 4.78 is 34.0. The topological polar surface area (TPSA) is 153 Å². The second-order valence-electron chi connectivity index (χ2n) is 19.4. The summed E-state index contributed by atoms with van der Waals surface area (Å²) in [7, 11) is 0. The zero-order valence-corrected chi connectivity index (χ0v) is 37.4. The fraction of sp³-hybridized carbons (Fsp3) is 0.792. The highest BCUT2D eigenvalue weighted by Gasteiger charge is 2.63. The van der Waals surface area contributed by atoms with Gasteiger partial charge in [0.2, 0.25) is 11.7 Å². The molecule has 4 fully saturated rings. The molecular formula is C48H75NO10. The Hall–Kier alpha value is -2.22. The van der Waals surface area contributed by atoms with Crippen LogP contribution in [0.25, 0.3) is 0 Å². The van der Waals surface area contributed by atoms with E-state index in [-0.39, 0.29) is 65.7 Å². The maximum absolute atomic E-state index is 14.6. The number of benzene rings is 1. The van der Waals surface area contributed by atoms with Crippen LogP contribution < -0.4 is 5.32 Å². The number of hydrogen-bond donors (Lipinski definition) is 4. The van der Waals surface area contributed by atoms with Gasteiger partial charge in [0.05, 0.1) is 53.7 Å². The summed E-state index contributed by atoms with van der Waals surface area (Å²) in [5, 5.41) is 37.6. The highest BCUT2D eigenvalue weighted by atomic mass is 16.8. The maximum atomic E-state index is 14.6. The molecule has 0 aliphatic carbocycles. The Labute approximate surface area is 353 Å². The van der Waals surface area contributed by atoms with Gasteiger partial charge in [-0.25, -0.2) is 0 Å². The molecule has 2 spiro atoms. The van der Waals surface area contributed by atoms with Crippen LogP contribution in [0, 0.1) is 41.4 Å².